The number of aryl methyl sites for hydroxylation is 1. The summed E-state index contributed by atoms with van der Waals surface area (Å²) in [6, 6.07) is 2.47. The molecule has 1 unspecified atom stereocenters. The third-order valence-electron chi connectivity index (χ3n) is 3.20. The minimum Gasteiger partial charge on any atom is -0.492 e. The molecule has 4 nitrogen and oxygen atoms in total. The number of hydrogen-bond acceptors (Lipinski definition) is 4. The van der Waals surface area contributed by atoms with Gasteiger partial charge in [0.1, 0.15) is 18.1 Å². The maximum atomic E-state index is 5.74. The summed E-state index contributed by atoms with van der Waals surface area (Å²) in [7, 11) is 2.12. The molecule has 0 N–H and O–H groups in total. The lowest BCUT2D eigenvalue weighted by Crippen LogP contribution is -2.48. The molecule has 17 heavy (non-hydrogen) atoms. The summed E-state index contributed by atoms with van der Waals surface area (Å²) in [4.78, 5) is 6.57. The van der Waals surface area contributed by atoms with E-state index in [0.717, 1.165) is 23.8 Å². The molecular weight excluding hydrogens is 216 g/mol. The third kappa shape index (κ3) is 2.88. The van der Waals surface area contributed by atoms with E-state index in [4.69, 9.17) is 9.47 Å². The number of likely N-dealkylation sites (tertiary alicyclic amines) is 1. The maximum Gasteiger partial charge on any atom is 0.144 e. The van der Waals surface area contributed by atoms with Crippen LogP contribution >= 0.6 is 0 Å². The lowest BCUT2D eigenvalue weighted by atomic mass is 10.1. The van der Waals surface area contributed by atoms with E-state index in [1.807, 2.05) is 19.9 Å². The molecule has 4 heteroatoms. The molecule has 1 fully saturated rings. The fraction of sp³-hybridized carbons (Fsp3) is 0.615. The summed E-state index contributed by atoms with van der Waals surface area (Å²) in [5.74, 6) is 1.60. The van der Waals surface area contributed by atoms with Crippen LogP contribution < -0.4 is 9.47 Å². The monoisotopic (exact) mass is 236 g/mol. The van der Waals surface area contributed by atoms with Crippen LogP contribution in [0.25, 0.3) is 0 Å². The Bertz CT molecular complexity index is 382. The molecule has 0 spiro atoms. The van der Waals surface area contributed by atoms with Crippen LogP contribution in [0.1, 0.15) is 19.0 Å². The minimum absolute atomic E-state index is 0.548. The number of ether oxygens (including phenoxy) is 2. The molecule has 0 aliphatic carbocycles. The van der Waals surface area contributed by atoms with Crippen molar-refractivity contribution in [3.05, 3.63) is 18.0 Å². The van der Waals surface area contributed by atoms with Crippen molar-refractivity contribution in [2.75, 3.05) is 26.8 Å². The van der Waals surface area contributed by atoms with Gasteiger partial charge >= 0.3 is 0 Å². The molecular formula is C13H20N2O2. The number of nitrogens with zero attached hydrogens (tertiary/aromatic N) is 2. The van der Waals surface area contributed by atoms with Gasteiger partial charge < -0.3 is 9.47 Å². The molecule has 1 atom stereocenters. The molecule has 2 heterocycles. The van der Waals surface area contributed by atoms with Crippen molar-refractivity contribution in [1.82, 2.24) is 9.88 Å². The molecule has 1 aliphatic heterocycles. The van der Waals surface area contributed by atoms with Crippen molar-refractivity contribution in [2.45, 2.75) is 26.3 Å². The fourth-order valence-corrected chi connectivity index (χ4v) is 1.85. The number of pyridine rings is 1. The molecule has 1 aromatic rings. The van der Waals surface area contributed by atoms with Crippen LogP contribution in [0, 0.1) is 6.92 Å². The van der Waals surface area contributed by atoms with Gasteiger partial charge in [0.25, 0.3) is 0 Å². The van der Waals surface area contributed by atoms with Gasteiger partial charge in [0.05, 0.1) is 18.5 Å². The quantitative estimate of drug-likeness (QED) is 0.781. The van der Waals surface area contributed by atoms with E-state index < -0.39 is 0 Å². The van der Waals surface area contributed by atoms with Crippen LogP contribution in [0.15, 0.2) is 12.3 Å². The van der Waals surface area contributed by atoms with Crippen molar-refractivity contribution in [2.24, 2.45) is 0 Å². The van der Waals surface area contributed by atoms with Gasteiger partial charge in [-0.2, -0.15) is 0 Å². The first-order valence-corrected chi connectivity index (χ1v) is 6.13. The SMILES string of the molecule is CCOc1cc(OCC2CCN2C)cnc1C. The maximum absolute atomic E-state index is 5.74. The largest absolute Gasteiger partial charge is 0.492 e. The molecule has 0 radical (unpaired) electrons. The second-order valence-electron chi connectivity index (χ2n) is 4.42. The molecule has 2 rings (SSSR count). The van der Waals surface area contributed by atoms with Gasteiger partial charge in [0.15, 0.2) is 0 Å². The molecule has 1 aliphatic rings. The molecule has 0 saturated carbocycles. The standard InChI is InChI=1S/C13H20N2O2/c1-4-16-13-7-12(8-14-10(13)2)17-9-11-5-6-15(11)3/h7-8,11H,4-6,9H2,1-3H3. The predicted molar refractivity (Wildman–Crippen MR) is 66.7 cm³/mol. The summed E-state index contributed by atoms with van der Waals surface area (Å²) in [5.41, 5.74) is 0.903. The first-order chi connectivity index (χ1) is 8.20. The van der Waals surface area contributed by atoms with E-state index in [9.17, 15) is 0 Å². The Morgan fingerprint density at radius 3 is 2.88 bits per heavy atom. The average Bonchev–Trinajstić information content (AvgIpc) is 2.32. The fourth-order valence-electron chi connectivity index (χ4n) is 1.85. The lowest BCUT2D eigenvalue weighted by Gasteiger charge is -2.37. The second-order valence-corrected chi connectivity index (χ2v) is 4.42. The highest BCUT2D eigenvalue weighted by atomic mass is 16.5. The van der Waals surface area contributed by atoms with E-state index in [-0.39, 0.29) is 0 Å². The normalized spacial score (nSPS) is 19.8. The first kappa shape index (κ1) is 12.2. The highest BCUT2D eigenvalue weighted by Crippen LogP contribution is 2.23. The smallest absolute Gasteiger partial charge is 0.144 e. The second kappa shape index (κ2) is 5.36. The lowest BCUT2D eigenvalue weighted by molar-refractivity contribution is 0.0766. The molecule has 0 bridgehead atoms. The zero-order chi connectivity index (χ0) is 12.3. The van der Waals surface area contributed by atoms with Gasteiger partial charge in [0, 0.05) is 12.1 Å². The Labute approximate surface area is 103 Å². The zero-order valence-corrected chi connectivity index (χ0v) is 10.8. The van der Waals surface area contributed by atoms with Crippen LogP contribution in [0.2, 0.25) is 0 Å². The first-order valence-electron chi connectivity index (χ1n) is 6.13. The zero-order valence-electron chi connectivity index (χ0n) is 10.8. The van der Waals surface area contributed by atoms with Crippen LogP contribution in [0.5, 0.6) is 11.5 Å². The highest BCUT2D eigenvalue weighted by Gasteiger charge is 2.24. The number of hydrogen-bond donors (Lipinski definition) is 0. The highest BCUT2D eigenvalue weighted by molar-refractivity contribution is 5.34. The van der Waals surface area contributed by atoms with Crippen molar-refractivity contribution in [3.8, 4) is 11.5 Å². The van der Waals surface area contributed by atoms with Crippen LogP contribution in [0.3, 0.4) is 0 Å². The Morgan fingerprint density at radius 1 is 1.47 bits per heavy atom. The predicted octanol–water partition coefficient (Wildman–Crippen LogP) is 1.87. The van der Waals surface area contributed by atoms with E-state index in [2.05, 4.69) is 16.9 Å². The van der Waals surface area contributed by atoms with E-state index >= 15 is 0 Å². The molecule has 94 valence electrons. The van der Waals surface area contributed by atoms with E-state index in [1.54, 1.807) is 6.20 Å². The summed E-state index contributed by atoms with van der Waals surface area (Å²) in [6.07, 6.45) is 2.98. The van der Waals surface area contributed by atoms with Gasteiger partial charge in [-0.3, -0.25) is 9.88 Å². The average molecular weight is 236 g/mol. The van der Waals surface area contributed by atoms with E-state index in [1.165, 1.54) is 13.0 Å². The Morgan fingerprint density at radius 2 is 2.29 bits per heavy atom. The Kier molecular flexibility index (Phi) is 3.84. The summed E-state index contributed by atoms with van der Waals surface area (Å²) in [5, 5.41) is 0. The summed E-state index contributed by atoms with van der Waals surface area (Å²) in [6.45, 7) is 6.46. The summed E-state index contributed by atoms with van der Waals surface area (Å²) < 4.78 is 11.2. The van der Waals surface area contributed by atoms with Gasteiger partial charge in [-0.15, -0.1) is 0 Å². The van der Waals surface area contributed by atoms with Crippen molar-refractivity contribution in [3.63, 3.8) is 0 Å². The van der Waals surface area contributed by atoms with Crippen molar-refractivity contribution < 1.29 is 9.47 Å². The Hall–Kier alpha value is -1.29. The van der Waals surface area contributed by atoms with Gasteiger partial charge in [0.2, 0.25) is 0 Å². The molecule has 0 aromatic carbocycles. The number of rotatable bonds is 5. The Balaban J connectivity index is 1.93. The van der Waals surface area contributed by atoms with Crippen molar-refractivity contribution in [1.29, 1.82) is 0 Å². The topological polar surface area (TPSA) is 34.6 Å². The number of aromatic nitrogens is 1. The molecule has 1 saturated heterocycles. The van der Waals surface area contributed by atoms with Crippen LogP contribution in [0.4, 0.5) is 0 Å². The van der Waals surface area contributed by atoms with Crippen LogP contribution in [-0.2, 0) is 0 Å². The summed E-state index contributed by atoms with van der Waals surface area (Å²) >= 11 is 0. The molecule has 0 amide bonds. The number of likely N-dealkylation sites (N-methyl/N-ethyl adjacent to an activating group) is 1. The minimum atomic E-state index is 0.548. The van der Waals surface area contributed by atoms with Crippen molar-refractivity contribution >= 4 is 0 Å². The molecule has 1 aromatic heterocycles. The van der Waals surface area contributed by atoms with Gasteiger partial charge in [-0.1, -0.05) is 0 Å². The van der Waals surface area contributed by atoms with Crippen LogP contribution in [-0.4, -0.2) is 42.7 Å². The van der Waals surface area contributed by atoms with E-state index in [0.29, 0.717) is 12.6 Å². The van der Waals surface area contributed by atoms with Gasteiger partial charge in [-0.05, 0) is 33.9 Å². The van der Waals surface area contributed by atoms with Gasteiger partial charge in [-0.25, -0.2) is 0 Å². The third-order valence-corrected chi connectivity index (χ3v) is 3.20.